The molecule has 0 aromatic heterocycles. The Morgan fingerprint density at radius 3 is 2.62 bits per heavy atom. The lowest BCUT2D eigenvalue weighted by Crippen LogP contribution is -2.25. The van der Waals surface area contributed by atoms with Gasteiger partial charge in [0, 0.05) is 16.1 Å². The Morgan fingerprint density at radius 2 is 2.00 bits per heavy atom. The molecule has 0 heterocycles. The Kier molecular flexibility index (Phi) is 5.45. The minimum absolute atomic E-state index is 0.229. The number of carboxylic acids is 1. The predicted octanol–water partition coefficient (Wildman–Crippen LogP) is 4.73. The van der Waals surface area contributed by atoms with E-state index in [1.54, 1.807) is 0 Å². The molecule has 1 saturated carbocycles. The fourth-order valence-electron chi connectivity index (χ4n) is 2.84. The molecule has 2 rings (SSSR count). The molecule has 0 saturated heterocycles. The van der Waals surface area contributed by atoms with Gasteiger partial charge in [0.05, 0.1) is 6.10 Å². The molecule has 3 nitrogen and oxygen atoms in total. The highest BCUT2D eigenvalue weighted by atomic mass is 79.9. The fraction of sp³-hybridized carbons (Fsp3) is 0.471. The summed E-state index contributed by atoms with van der Waals surface area (Å²) in [6, 6.07) is 6.00. The van der Waals surface area contributed by atoms with E-state index in [-0.39, 0.29) is 6.10 Å². The van der Waals surface area contributed by atoms with Gasteiger partial charge in [0.2, 0.25) is 0 Å². The van der Waals surface area contributed by atoms with Crippen molar-refractivity contribution in [3.05, 3.63) is 39.9 Å². The van der Waals surface area contributed by atoms with Gasteiger partial charge in [-0.1, -0.05) is 27.6 Å². The molecular formula is C17H21BrO3. The zero-order valence-corrected chi connectivity index (χ0v) is 14.0. The summed E-state index contributed by atoms with van der Waals surface area (Å²) in [6.45, 7) is 3.96. The number of benzene rings is 1. The minimum Gasteiger partial charge on any atom is -0.490 e. The van der Waals surface area contributed by atoms with E-state index in [1.807, 2.05) is 32.0 Å². The van der Waals surface area contributed by atoms with Crippen LogP contribution >= 0.6 is 15.9 Å². The smallest absolute Gasteiger partial charge is 0.328 e. The van der Waals surface area contributed by atoms with E-state index < -0.39 is 5.97 Å². The third-order valence-corrected chi connectivity index (χ3v) is 5.04. The van der Waals surface area contributed by atoms with Crippen molar-refractivity contribution in [2.75, 3.05) is 0 Å². The number of allylic oxidation sites excluding steroid dienone is 1. The average Bonchev–Trinajstić information content (AvgIpc) is 2.44. The van der Waals surface area contributed by atoms with Gasteiger partial charge in [0.25, 0.3) is 0 Å². The van der Waals surface area contributed by atoms with E-state index in [9.17, 15) is 4.79 Å². The molecule has 0 radical (unpaired) electrons. The van der Waals surface area contributed by atoms with Crippen LogP contribution in [-0.2, 0) is 4.79 Å². The summed E-state index contributed by atoms with van der Waals surface area (Å²) in [5.41, 5.74) is 2.10. The first-order chi connectivity index (χ1) is 9.97. The number of hydrogen-bond acceptors (Lipinski definition) is 2. The molecule has 0 aliphatic heterocycles. The summed E-state index contributed by atoms with van der Waals surface area (Å²) in [5, 5.41) is 8.81. The van der Waals surface area contributed by atoms with Crippen LogP contribution < -0.4 is 4.74 Å². The Bertz CT molecular complexity index is 543. The summed E-state index contributed by atoms with van der Waals surface area (Å²) in [4.78, 5) is 10.7. The van der Waals surface area contributed by atoms with Crippen LogP contribution in [0.25, 0.3) is 0 Å². The van der Waals surface area contributed by atoms with Crippen molar-refractivity contribution in [1.29, 1.82) is 0 Å². The van der Waals surface area contributed by atoms with E-state index in [1.165, 1.54) is 6.08 Å². The van der Waals surface area contributed by atoms with Crippen molar-refractivity contribution in [3.8, 4) is 5.75 Å². The van der Waals surface area contributed by atoms with E-state index >= 15 is 0 Å². The van der Waals surface area contributed by atoms with Gasteiger partial charge in [0.15, 0.2) is 0 Å². The molecule has 0 bridgehead atoms. The van der Waals surface area contributed by atoms with Gasteiger partial charge in [-0.25, -0.2) is 4.79 Å². The van der Waals surface area contributed by atoms with E-state index in [2.05, 4.69) is 15.9 Å². The van der Waals surface area contributed by atoms with Gasteiger partial charge in [-0.15, -0.1) is 0 Å². The van der Waals surface area contributed by atoms with Crippen molar-refractivity contribution in [3.63, 3.8) is 0 Å². The summed E-state index contributed by atoms with van der Waals surface area (Å²) >= 11 is 3.52. The van der Waals surface area contributed by atoms with Crippen molar-refractivity contribution in [2.45, 2.75) is 45.6 Å². The third-order valence-electron chi connectivity index (χ3n) is 4.18. The number of halogens is 1. The number of carbonyl (C=O) groups is 1. The molecule has 114 valence electrons. The van der Waals surface area contributed by atoms with Gasteiger partial charge >= 0.3 is 5.97 Å². The molecule has 1 N–H and O–H groups in total. The molecule has 0 unspecified atom stereocenters. The maximum absolute atomic E-state index is 10.7. The number of ether oxygens (including phenoxy) is 1. The molecule has 0 atom stereocenters. The van der Waals surface area contributed by atoms with Gasteiger partial charge in [0.1, 0.15) is 5.75 Å². The highest BCUT2D eigenvalue weighted by Crippen LogP contribution is 2.33. The van der Waals surface area contributed by atoms with Crippen LogP contribution in [0, 0.1) is 12.8 Å². The number of aliphatic carboxylic acids is 1. The first-order valence-electron chi connectivity index (χ1n) is 7.30. The van der Waals surface area contributed by atoms with Crippen LogP contribution in [0.5, 0.6) is 5.75 Å². The van der Waals surface area contributed by atoms with Crippen molar-refractivity contribution in [1.82, 2.24) is 0 Å². The average molecular weight is 353 g/mol. The van der Waals surface area contributed by atoms with Crippen molar-refractivity contribution in [2.24, 2.45) is 5.92 Å². The van der Waals surface area contributed by atoms with Crippen LogP contribution in [0.2, 0.25) is 0 Å². The molecule has 0 amide bonds. The van der Waals surface area contributed by atoms with E-state index in [4.69, 9.17) is 9.84 Å². The van der Waals surface area contributed by atoms with Crippen LogP contribution in [0.1, 0.15) is 38.2 Å². The quantitative estimate of drug-likeness (QED) is 0.797. The third kappa shape index (κ3) is 4.34. The number of carboxylic acid groups (broad SMARTS) is 1. The fourth-order valence-corrected chi connectivity index (χ4v) is 3.19. The zero-order chi connectivity index (χ0) is 15.4. The summed E-state index contributed by atoms with van der Waals surface area (Å²) < 4.78 is 7.17. The Balaban J connectivity index is 1.93. The standard InChI is InChI=1S/C17H21BrO3/c1-11(10-17(19)20)13-6-8-14(9-7-13)21-16-5-3-4-15(18)12(16)2/h3-5,10,13-14H,6-9H2,1-2H3,(H,19,20)/b11-10+/t13-,14-. The van der Waals surface area contributed by atoms with Crippen molar-refractivity contribution < 1.29 is 14.6 Å². The molecule has 21 heavy (non-hydrogen) atoms. The summed E-state index contributed by atoms with van der Waals surface area (Å²) in [5.74, 6) is 0.464. The predicted molar refractivity (Wildman–Crippen MR) is 86.6 cm³/mol. The van der Waals surface area contributed by atoms with Crippen molar-refractivity contribution >= 4 is 21.9 Å². The molecule has 1 aliphatic carbocycles. The molecule has 4 heteroatoms. The highest BCUT2D eigenvalue weighted by molar-refractivity contribution is 9.10. The second-order valence-corrected chi connectivity index (χ2v) is 6.54. The lowest BCUT2D eigenvalue weighted by atomic mass is 9.83. The van der Waals surface area contributed by atoms with Gasteiger partial charge in [-0.05, 0) is 57.6 Å². The van der Waals surface area contributed by atoms with Gasteiger partial charge in [-0.3, -0.25) is 0 Å². The second kappa shape index (κ2) is 7.12. The molecule has 1 fully saturated rings. The zero-order valence-electron chi connectivity index (χ0n) is 12.4. The minimum atomic E-state index is -0.851. The topological polar surface area (TPSA) is 46.5 Å². The number of rotatable bonds is 4. The Hall–Kier alpha value is -1.29. The molecule has 0 spiro atoms. The monoisotopic (exact) mass is 352 g/mol. The normalized spacial score (nSPS) is 22.9. The largest absolute Gasteiger partial charge is 0.490 e. The molecule has 1 aromatic carbocycles. The Labute approximate surface area is 134 Å². The van der Waals surface area contributed by atoms with Crippen LogP contribution in [-0.4, -0.2) is 17.2 Å². The SMILES string of the molecule is Cc1c(Br)cccc1O[C@H]1CC[C@H](/C(C)=C/C(=O)O)CC1. The van der Waals surface area contributed by atoms with Crippen LogP contribution in [0.3, 0.4) is 0 Å². The van der Waals surface area contributed by atoms with Gasteiger partial charge in [-0.2, -0.15) is 0 Å². The lowest BCUT2D eigenvalue weighted by Gasteiger charge is -2.30. The second-order valence-electron chi connectivity index (χ2n) is 5.68. The molecular weight excluding hydrogens is 332 g/mol. The maximum Gasteiger partial charge on any atom is 0.328 e. The van der Waals surface area contributed by atoms with Crippen LogP contribution in [0.4, 0.5) is 0 Å². The first kappa shape index (κ1) is 16.1. The molecule has 1 aliphatic rings. The Morgan fingerprint density at radius 1 is 1.33 bits per heavy atom. The first-order valence-corrected chi connectivity index (χ1v) is 8.09. The van der Waals surface area contributed by atoms with E-state index in [0.29, 0.717) is 5.92 Å². The number of hydrogen-bond donors (Lipinski definition) is 1. The molecule has 1 aromatic rings. The maximum atomic E-state index is 10.7. The summed E-state index contributed by atoms with van der Waals surface area (Å²) in [6.07, 6.45) is 5.50. The van der Waals surface area contributed by atoms with E-state index in [0.717, 1.165) is 47.0 Å². The highest BCUT2D eigenvalue weighted by Gasteiger charge is 2.24. The lowest BCUT2D eigenvalue weighted by molar-refractivity contribution is -0.131. The summed E-state index contributed by atoms with van der Waals surface area (Å²) in [7, 11) is 0. The van der Waals surface area contributed by atoms with Gasteiger partial charge < -0.3 is 9.84 Å². The van der Waals surface area contributed by atoms with Crippen LogP contribution in [0.15, 0.2) is 34.3 Å².